The van der Waals surface area contributed by atoms with E-state index in [2.05, 4.69) is 15.3 Å². The number of rotatable bonds is 5. The summed E-state index contributed by atoms with van der Waals surface area (Å²) in [6, 6.07) is 5.61. The highest BCUT2D eigenvalue weighted by Gasteiger charge is 2.03. The SMILES string of the molecule is Cc1cc(Cl)ccc1OCCNc1ncnc(C)c1C. The van der Waals surface area contributed by atoms with Gasteiger partial charge in [0.2, 0.25) is 0 Å². The summed E-state index contributed by atoms with van der Waals surface area (Å²) in [5, 5.41) is 3.97. The molecule has 0 bridgehead atoms. The van der Waals surface area contributed by atoms with E-state index in [0.717, 1.165) is 33.4 Å². The second-order valence-electron chi connectivity index (χ2n) is 4.62. The maximum Gasteiger partial charge on any atom is 0.132 e. The van der Waals surface area contributed by atoms with Crippen LogP contribution in [0.5, 0.6) is 5.75 Å². The second-order valence-corrected chi connectivity index (χ2v) is 5.05. The molecule has 2 rings (SSSR count). The molecule has 1 aromatic heterocycles. The van der Waals surface area contributed by atoms with Gasteiger partial charge in [-0.3, -0.25) is 0 Å². The van der Waals surface area contributed by atoms with Gasteiger partial charge < -0.3 is 10.1 Å². The quantitative estimate of drug-likeness (QED) is 0.856. The van der Waals surface area contributed by atoms with E-state index in [4.69, 9.17) is 16.3 Å². The van der Waals surface area contributed by atoms with E-state index in [0.29, 0.717) is 13.2 Å². The van der Waals surface area contributed by atoms with Crippen LogP contribution in [-0.2, 0) is 0 Å². The first-order valence-corrected chi connectivity index (χ1v) is 6.86. The van der Waals surface area contributed by atoms with E-state index in [1.54, 1.807) is 6.33 Å². The number of aryl methyl sites for hydroxylation is 2. The van der Waals surface area contributed by atoms with Gasteiger partial charge in [-0.15, -0.1) is 0 Å². The third kappa shape index (κ3) is 3.61. The maximum atomic E-state index is 5.91. The summed E-state index contributed by atoms with van der Waals surface area (Å²) in [5.41, 5.74) is 3.08. The Morgan fingerprint density at radius 1 is 1.20 bits per heavy atom. The van der Waals surface area contributed by atoms with E-state index >= 15 is 0 Å². The van der Waals surface area contributed by atoms with E-state index in [1.165, 1.54) is 0 Å². The molecule has 1 aromatic carbocycles. The molecule has 4 nitrogen and oxygen atoms in total. The molecule has 0 aliphatic rings. The molecule has 0 amide bonds. The summed E-state index contributed by atoms with van der Waals surface area (Å²) in [4.78, 5) is 8.36. The van der Waals surface area contributed by atoms with Gasteiger partial charge in [-0.05, 0) is 44.5 Å². The maximum absolute atomic E-state index is 5.91. The molecule has 106 valence electrons. The Balaban J connectivity index is 1.86. The van der Waals surface area contributed by atoms with Crippen LogP contribution in [0.25, 0.3) is 0 Å². The van der Waals surface area contributed by atoms with Crippen molar-refractivity contribution in [2.24, 2.45) is 0 Å². The monoisotopic (exact) mass is 291 g/mol. The number of hydrogen-bond donors (Lipinski definition) is 1. The molecule has 0 saturated carbocycles. The number of benzene rings is 1. The molecular formula is C15H18ClN3O. The molecule has 0 saturated heterocycles. The van der Waals surface area contributed by atoms with Gasteiger partial charge in [0.15, 0.2) is 0 Å². The van der Waals surface area contributed by atoms with Gasteiger partial charge in [-0.1, -0.05) is 11.6 Å². The van der Waals surface area contributed by atoms with Crippen LogP contribution in [0.4, 0.5) is 5.82 Å². The van der Waals surface area contributed by atoms with E-state index in [9.17, 15) is 0 Å². The molecule has 1 N–H and O–H groups in total. The van der Waals surface area contributed by atoms with E-state index in [1.807, 2.05) is 39.0 Å². The standard InChI is InChI=1S/C15H18ClN3O/c1-10-8-13(16)4-5-14(10)20-7-6-17-15-11(2)12(3)18-9-19-15/h4-5,8-9H,6-7H2,1-3H3,(H,17,18,19). The Kier molecular flexibility index (Phi) is 4.79. The van der Waals surface area contributed by atoms with E-state index in [-0.39, 0.29) is 0 Å². The minimum atomic E-state index is 0.560. The Morgan fingerprint density at radius 2 is 2.00 bits per heavy atom. The number of hydrogen-bond acceptors (Lipinski definition) is 4. The lowest BCUT2D eigenvalue weighted by Crippen LogP contribution is -2.14. The number of anilines is 1. The molecule has 5 heteroatoms. The van der Waals surface area contributed by atoms with Gasteiger partial charge in [-0.25, -0.2) is 9.97 Å². The summed E-state index contributed by atoms with van der Waals surface area (Å²) in [7, 11) is 0. The normalized spacial score (nSPS) is 10.4. The smallest absolute Gasteiger partial charge is 0.132 e. The van der Waals surface area contributed by atoms with Gasteiger partial charge >= 0.3 is 0 Å². The molecule has 0 aliphatic heterocycles. The second kappa shape index (κ2) is 6.57. The summed E-state index contributed by atoms with van der Waals surface area (Å²) < 4.78 is 5.72. The third-order valence-corrected chi connectivity index (χ3v) is 3.36. The van der Waals surface area contributed by atoms with Crippen molar-refractivity contribution in [2.75, 3.05) is 18.5 Å². The number of aromatic nitrogens is 2. The number of halogens is 1. The zero-order valence-electron chi connectivity index (χ0n) is 11.9. The number of nitrogens with one attached hydrogen (secondary N) is 1. The number of nitrogens with zero attached hydrogens (tertiary/aromatic N) is 2. The van der Waals surface area contributed by atoms with Crippen LogP contribution in [0.2, 0.25) is 5.02 Å². The largest absolute Gasteiger partial charge is 0.491 e. The van der Waals surface area contributed by atoms with Crippen molar-refractivity contribution in [2.45, 2.75) is 20.8 Å². The first-order chi connectivity index (χ1) is 9.58. The average Bonchev–Trinajstić information content (AvgIpc) is 2.41. The van der Waals surface area contributed by atoms with Gasteiger partial charge in [0.25, 0.3) is 0 Å². The number of ether oxygens (including phenoxy) is 1. The third-order valence-electron chi connectivity index (χ3n) is 3.13. The van der Waals surface area contributed by atoms with Crippen LogP contribution in [-0.4, -0.2) is 23.1 Å². The van der Waals surface area contributed by atoms with Crippen molar-refractivity contribution in [3.63, 3.8) is 0 Å². The molecule has 0 fully saturated rings. The molecule has 0 spiro atoms. The Bertz CT molecular complexity index is 602. The first-order valence-electron chi connectivity index (χ1n) is 6.49. The lowest BCUT2D eigenvalue weighted by atomic mass is 10.2. The highest BCUT2D eigenvalue weighted by atomic mass is 35.5. The van der Waals surface area contributed by atoms with Gasteiger partial charge in [-0.2, -0.15) is 0 Å². The first kappa shape index (κ1) is 14.6. The predicted octanol–water partition coefficient (Wildman–Crippen LogP) is 3.55. The zero-order valence-corrected chi connectivity index (χ0v) is 12.7. The van der Waals surface area contributed by atoms with Crippen LogP contribution in [0.3, 0.4) is 0 Å². The molecule has 0 unspecified atom stereocenters. The highest BCUT2D eigenvalue weighted by molar-refractivity contribution is 6.30. The summed E-state index contributed by atoms with van der Waals surface area (Å²) >= 11 is 5.91. The van der Waals surface area contributed by atoms with Crippen LogP contribution < -0.4 is 10.1 Å². The van der Waals surface area contributed by atoms with Crippen LogP contribution in [0, 0.1) is 20.8 Å². The van der Waals surface area contributed by atoms with Crippen LogP contribution >= 0.6 is 11.6 Å². The lowest BCUT2D eigenvalue weighted by Gasteiger charge is -2.12. The fourth-order valence-corrected chi connectivity index (χ4v) is 2.05. The zero-order chi connectivity index (χ0) is 14.5. The van der Waals surface area contributed by atoms with Crippen molar-refractivity contribution in [3.8, 4) is 5.75 Å². The van der Waals surface area contributed by atoms with Crippen molar-refractivity contribution >= 4 is 17.4 Å². The fraction of sp³-hybridized carbons (Fsp3) is 0.333. The van der Waals surface area contributed by atoms with Gasteiger partial charge in [0.1, 0.15) is 24.5 Å². The molecule has 2 aromatic rings. The van der Waals surface area contributed by atoms with Gasteiger partial charge in [0.05, 0.1) is 6.54 Å². The molecule has 1 heterocycles. The topological polar surface area (TPSA) is 47.0 Å². The van der Waals surface area contributed by atoms with Crippen molar-refractivity contribution in [1.29, 1.82) is 0 Å². The molecular weight excluding hydrogens is 274 g/mol. The summed E-state index contributed by atoms with van der Waals surface area (Å²) in [6.45, 7) is 7.19. The minimum Gasteiger partial charge on any atom is -0.491 e. The van der Waals surface area contributed by atoms with E-state index < -0.39 is 0 Å². The summed E-state index contributed by atoms with van der Waals surface area (Å²) in [5.74, 6) is 1.71. The lowest BCUT2D eigenvalue weighted by molar-refractivity contribution is 0.330. The minimum absolute atomic E-state index is 0.560. The Hall–Kier alpha value is -1.81. The molecule has 0 radical (unpaired) electrons. The van der Waals surface area contributed by atoms with Crippen molar-refractivity contribution in [1.82, 2.24) is 9.97 Å². The predicted molar refractivity (Wildman–Crippen MR) is 81.7 cm³/mol. The molecule has 0 aliphatic carbocycles. The van der Waals surface area contributed by atoms with Gasteiger partial charge in [0, 0.05) is 16.3 Å². The average molecular weight is 292 g/mol. The highest BCUT2D eigenvalue weighted by Crippen LogP contribution is 2.21. The Morgan fingerprint density at radius 3 is 2.75 bits per heavy atom. The van der Waals surface area contributed by atoms with Crippen molar-refractivity contribution < 1.29 is 4.74 Å². The van der Waals surface area contributed by atoms with Crippen molar-refractivity contribution in [3.05, 3.63) is 46.4 Å². The Labute approximate surface area is 124 Å². The van der Waals surface area contributed by atoms with Crippen LogP contribution in [0.15, 0.2) is 24.5 Å². The van der Waals surface area contributed by atoms with Crippen LogP contribution in [0.1, 0.15) is 16.8 Å². The molecule has 0 atom stereocenters. The summed E-state index contributed by atoms with van der Waals surface area (Å²) in [6.07, 6.45) is 1.56. The molecule has 20 heavy (non-hydrogen) atoms. The fourth-order valence-electron chi connectivity index (χ4n) is 1.82.